The molecule has 0 N–H and O–H groups in total. The minimum atomic E-state index is -1.49. The van der Waals surface area contributed by atoms with E-state index in [0.29, 0.717) is 11.8 Å². The molecule has 0 amide bonds. The first-order valence-corrected chi connectivity index (χ1v) is 19.1. The molecule has 0 heterocycles. The van der Waals surface area contributed by atoms with Gasteiger partial charge in [-0.15, -0.1) is 0 Å². The molecule has 0 bridgehead atoms. The Hall–Kier alpha value is -1.77. The fourth-order valence-corrected chi connectivity index (χ4v) is 12.1. The van der Waals surface area contributed by atoms with Gasteiger partial charge in [0.1, 0.15) is 0 Å². The standard InChI is InChI=1S/C41H54Si.Hf/c1-12-42(13-2,14-3)37-24-22-32(27(4)28(37)5)38(29-17-15-16-18-29)39-35-26-30-25-31(40(6,7)8)19-20-33(30)34(35)21-23-36(39)41(9,10)11;/h15-25,29,38H,12-14,26H2,1-11H3;. The molecule has 2 aliphatic carbocycles. The molecular weight excluding hydrogens is 699 g/mol. The molecule has 43 heavy (non-hydrogen) atoms. The van der Waals surface area contributed by atoms with Crippen molar-refractivity contribution in [2.24, 2.45) is 5.92 Å². The summed E-state index contributed by atoms with van der Waals surface area (Å²) in [7, 11) is -1.49. The normalized spacial score (nSPS) is 15.4. The molecule has 1 unspecified atom stereocenters. The van der Waals surface area contributed by atoms with E-state index in [-0.39, 0.29) is 36.7 Å². The quantitative estimate of drug-likeness (QED) is 0.165. The minimum Gasteiger partial charge on any atom is -0.0767 e. The van der Waals surface area contributed by atoms with Gasteiger partial charge in [0.05, 0.1) is 8.07 Å². The van der Waals surface area contributed by atoms with Gasteiger partial charge in [-0.2, -0.15) is 0 Å². The van der Waals surface area contributed by atoms with Crippen LogP contribution in [0.4, 0.5) is 0 Å². The van der Waals surface area contributed by atoms with Crippen molar-refractivity contribution < 1.29 is 25.8 Å². The predicted octanol–water partition coefficient (Wildman–Crippen LogP) is 11.1. The first-order chi connectivity index (χ1) is 19.8. The Balaban J connectivity index is 0.00000423. The zero-order chi connectivity index (χ0) is 30.6. The van der Waals surface area contributed by atoms with Gasteiger partial charge in [-0.1, -0.05) is 152 Å². The molecule has 0 saturated heterocycles. The second-order valence-corrected chi connectivity index (χ2v) is 20.4. The molecule has 0 aromatic heterocycles. The molecule has 1 atom stereocenters. The molecule has 226 valence electrons. The monoisotopic (exact) mass is 754 g/mol. The first-order valence-electron chi connectivity index (χ1n) is 16.5. The summed E-state index contributed by atoms with van der Waals surface area (Å²) in [5.41, 5.74) is 15.2. The maximum absolute atomic E-state index is 2.57. The SMILES string of the molecule is CC[Si](CC)(CC)c1ccc(C(c2c(C(C)(C)C)ccc3c2Cc2cc(C(C)(C)C)ccc2-3)C2C=CC=C2)c(C)c1C.[Hf]. The summed E-state index contributed by atoms with van der Waals surface area (Å²) >= 11 is 0. The first kappa shape index (κ1) is 34.1. The number of benzene rings is 3. The van der Waals surface area contributed by atoms with Crippen LogP contribution >= 0.6 is 0 Å². The average Bonchev–Trinajstić information content (AvgIpc) is 3.60. The molecule has 3 aromatic rings. The molecule has 0 saturated carbocycles. The van der Waals surface area contributed by atoms with Crippen LogP contribution in [0.15, 0.2) is 66.8 Å². The van der Waals surface area contributed by atoms with Crippen molar-refractivity contribution in [2.45, 2.75) is 117 Å². The van der Waals surface area contributed by atoms with E-state index in [1.54, 1.807) is 21.9 Å². The number of allylic oxidation sites excluding steroid dienone is 4. The van der Waals surface area contributed by atoms with E-state index in [9.17, 15) is 0 Å². The van der Waals surface area contributed by atoms with E-state index in [0.717, 1.165) is 6.42 Å². The van der Waals surface area contributed by atoms with Crippen molar-refractivity contribution in [3.8, 4) is 11.1 Å². The number of rotatable bonds is 7. The topological polar surface area (TPSA) is 0 Å². The smallest absolute Gasteiger partial charge is 0.0767 e. The van der Waals surface area contributed by atoms with Crippen molar-refractivity contribution in [1.29, 1.82) is 0 Å². The van der Waals surface area contributed by atoms with E-state index in [2.05, 4.69) is 143 Å². The summed E-state index contributed by atoms with van der Waals surface area (Å²) in [6.45, 7) is 26.4. The Labute approximate surface area is 283 Å². The predicted molar refractivity (Wildman–Crippen MR) is 188 cm³/mol. The van der Waals surface area contributed by atoms with Crippen LogP contribution in [-0.2, 0) is 43.1 Å². The maximum Gasteiger partial charge on any atom is 0.0862 e. The van der Waals surface area contributed by atoms with Gasteiger partial charge in [0, 0.05) is 37.7 Å². The fraction of sp³-hybridized carbons (Fsp3) is 0.463. The van der Waals surface area contributed by atoms with E-state index < -0.39 is 8.07 Å². The zero-order valence-electron chi connectivity index (χ0n) is 28.8. The number of hydrogen-bond donors (Lipinski definition) is 0. The van der Waals surface area contributed by atoms with Gasteiger partial charge in [-0.25, -0.2) is 0 Å². The largest absolute Gasteiger partial charge is 0.0862 e. The summed E-state index contributed by atoms with van der Waals surface area (Å²) in [6, 6.07) is 21.3. The van der Waals surface area contributed by atoms with Gasteiger partial charge in [0.25, 0.3) is 0 Å². The van der Waals surface area contributed by atoms with Crippen LogP contribution < -0.4 is 5.19 Å². The Morgan fingerprint density at radius 3 is 1.91 bits per heavy atom. The number of hydrogen-bond acceptors (Lipinski definition) is 0. The maximum atomic E-state index is 2.57. The molecule has 0 spiro atoms. The van der Waals surface area contributed by atoms with Crippen molar-refractivity contribution in [1.82, 2.24) is 0 Å². The second-order valence-electron chi connectivity index (χ2n) is 15.2. The molecular formula is C41H54HfSi. The van der Waals surface area contributed by atoms with Gasteiger partial charge >= 0.3 is 0 Å². The van der Waals surface area contributed by atoms with E-state index >= 15 is 0 Å². The summed E-state index contributed by atoms with van der Waals surface area (Å²) in [5.74, 6) is 0.662. The van der Waals surface area contributed by atoms with Crippen molar-refractivity contribution in [2.75, 3.05) is 0 Å². The van der Waals surface area contributed by atoms with E-state index in [1.165, 1.54) is 57.1 Å². The zero-order valence-corrected chi connectivity index (χ0v) is 33.4. The van der Waals surface area contributed by atoms with E-state index in [4.69, 9.17) is 0 Å². The van der Waals surface area contributed by atoms with Gasteiger partial charge in [-0.05, 0) is 86.7 Å². The summed E-state index contributed by atoms with van der Waals surface area (Å²) in [4.78, 5) is 0. The molecule has 0 radical (unpaired) electrons. The minimum absolute atomic E-state index is 0. The fourth-order valence-electron chi connectivity index (χ4n) is 8.08. The molecule has 0 nitrogen and oxygen atoms in total. The molecule has 5 rings (SSSR count). The van der Waals surface area contributed by atoms with Crippen molar-refractivity contribution >= 4 is 13.3 Å². The Kier molecular flexibility index (Phi) is 9.96. The summed E-state index contributed by atoms with van der Waals surface area (Å²) in [6.07, 6.45) is 10.5. The van der Waals surface area contributed by atoms with Gasteiger partial charge in [0.2, 0.25) is 0 Å². The van der Waals surface area contributed by atoms with Crippen LogP contribution in [0.3, 0.4) is 0 Å². The molecule has 2 aliphatic rings. The van der Waals surface area contributed by atoms with Crippen molar-refractivity contribution in [3.05, 3.63) is 111 Å². The summed E-state index contributed by atoms with van der Waals surface area (Å²) < 4.78 is 0. The average molecular weight is 753 g/mol. The Bertz CT molecular complexity index is 1530. The Morgan fingerprint density at radius 2 is 1.35 bits per heavy atom. The number of fused-ring (bicyclic) bond motifs is 3. The van der Waals surface area contributed by atoms with Crippen LogP contribution in [0.2, 0.25) is 18.1 Å². The van der Waals surface area contributed by atoms with Crippen LogP contribution in [0.5, 0.6) is 0 Å². The van der Waals surface area contributed by atoms with Crippen LogP contribution in [0.25, 0.3) is 11.1 Å². The van der Waals surface area contributed by atoms with Crippen molar-refractivity contribution in [3.63, 3.8) is 0 Å². The van der Waals surface area contributed by atoms with Crippen LogP contribution in [0.1, 0.15) is 113 Å². The third kappa shape index (κ3) is 5.97. The van der Waals surface area contributed by atoms with Gasteiger partial charge < -0.3 is 0 Å². The molecule has 0 aliphatic heterocycles. The molecule has 0 fully saturated rings. The molecule has 3 aromatic carbocycles. The third-order valence-corrected chi connectivity index (χ3v) is 16.8. The second kappa shape index (κ2) is 12.6. The van der Waals surface area contributed by atoms with Gasteiger partial charge in [0.15, 0.2) is 0 Å². The van der Waals surface area contributed by atoms with Crippen LogP contribution in [0, 0.1) is 19.8 Å². The molecule has 2 heteroatoms. The van der Waals surface area contributed by atoms with Gasteiger partial charge in [-0.3, -0.25) is 0 Å². The van der Waals surface area contributed by atoms with E-state index in [1.807, 2.05) is 0 Å². The Morgan fingerprint density at radius 1 is 0.744 bits per heavy atom. The summed E-state index contributed by atoms with van der Waals surface area (Å²) in [5, 5.41) is 1.70. The third-order valence-electron chi connectivity index (χ3n) is 11.0. The van der Waals surface area contributed by atoms with Crippen LogP contribution in [-0.4, -0.2) is 8.07 Å².